The summed E-state index contributed by atoms with van der Waals surface area (Å²) in [5.74, 6) is -0.297. The normalized spacial score (nSPS) is 26.7. The number of para-hydroxylation sites is 1. The second kappa shape index (κ2) is 5.72. The summed E-state index contributed by atoms with van der Waals surface area (Å²) < 4.78 is 62.7. The van der Waals surface area contributed by atoms with E-state index in [9.17, 15) is 21.6 Å². The number of sulfone groups is 1. The van der Waals surface area contributed by atoms with Crippen LogP contribution < -0.4 is 4.90 Å². The molecule has 0 aliphatic carbocycles. The predicted octanol–water partition coefficient (Wildman–Crippen LogP) is 2.94. The van der Waals surface area contributed by atoms with E-state index >= 15 is 0 Å². The van der Waals surface area contributed by atoms with Crippen LogP contribution in [-0.4, -0.2) is 36.4 Å². The number of rotatable bonds is 1. The van der Waals surface area contributed by atoms with Gasteiger partial charge in [-0.15, -0.1) is 17.0 Å². The fourth-order valence-corrected chi connectivity index (χ4v) is 6.50. The Morgan fingerprint density at radius 1 is 1.23 bits per heavy atom. The third-order valence-electron chi connectivity index (χ3n) is 3.55. The summed E-state index contributed by atoms with van der Waals surface area (Å²) in [5, 5.41) is 7.50. The lowest BCUT2D eigenvalue weighted by molar-refractivity contribution is -0.137. The van der Waals surface area contributed by atoms with Gasteiger partial charge in [0.25, 0.3) is 0 Å². The van der Waals surface area contributed by atoms with Crippen LogP contribution in [0.2, 0.25) is 0 Å². The Labute approximate surface area is 140 Å². The second-order valence-electron chi connectivity index (χ2n) is 4.99. The Morgan fingerprint density at radius 2 is 1.86 bits per heavy atom. The lowest BCUT2D eigenvalue weighted by Crippen LogP contribution is -2.38. The molecule has 10 heteroatoms. The second-order valence-corrected chi connectivity index (χ2v) is 8.37. The molecule has 2 heterocycles. The summed E-state index contributed by atoms with van der Waals surface area (Å²) in [7, 11) is -3.26. The molecule has 1 aromatic carbocycles. The molecule has 2 saturated heterocycles. The highest BCUT2D eigenvalue weighted by Crippen LogP contribution is 2.44. The van der Waals surface area contributed by atoms with E-state index in [1.807, 2.05) is 0 Å². The number of hydrogen-bond donors (Lipinski definition) is 1. The van der Waals surface area contributed by atoms with Crippen molar-refractivity contribution in [2.24, 2.45) is 0 Å². The van der Waals surface area contributed by atoms with Gasteiger partial charge in [0.2, 0.25) is 0 Å². The summed E-state index contributed by atoms with van der Waals surface area (Å²) in [5.41, 5.74) is -0.993. The molecule has 2 fully saturated rings. The van der Waals surface area contributed by atoms with E-state index < -0.39 is 27.6 Å². The average Bonchev–Trinajstić information content (AvgIpc) is 2.78. The van der Waals surface area contributed by atoms with Crippen LogP contribution >= 0.6 is 28.7 Å². The maximum absolute atomic E-state index is 13.1. The topological polar surface area (TPSA) is 61.2 Å². The van der Waals surface area contributed by atoms with E-state index in [2.05, 4.69) is 0 Å². The van der Waals surface area contributed by atoms with Gasteiger partial charge in [-0.1, -0.05) is 23.9 Å². The number of halogens is 4. The molecule has 1 aromatic rings. The molecule has 2 aliphatic rings. The van der Waals surface area contributed by atoms with Crippen molar-refractivity contribution in [1.82, 2.24) is 0 Å². The van der Waals surface area contributed by atoms with Crippen LogP contribution in [0.25, 0.3) is 0 Å². The average molecular weight is 417 g/mol. The van der Waals surface area contributed by atoms with Gasteiger partial charge >= 0.3 is 6.18 Å². The fraction of sp³-hybridized carbons (Fsp3) is 0.417. The zero-order valence-electron chi connectivity index (χ0n) is 11.0. The zero-order chi connectivity index (χ0) is 15.4. The molecule has 0 bridgehead atoms. The molecule has 2 aliphatic heterocycles. The number of alkyl halides is 3. The highest BCUT2D eigenvalue weighted by Gasteiger charge is 2.50. The monoisotopic (exact) mass is 416 g/mol. The Hall–Kier alpha value is -0.740. The van der Waals surface area contributed by atoms with Gasteiger partial charge in [0, 0.05) is 5.25 Å². The van der Waals surface area contributed by atoms with Crippen molar-refractivity contribution in [3.8, 4) is 0 Å². The van der Waals surface area contributed by atoms with Crippen molar-refractivity contribution in [2.45, 2.75) is 17.5 Å². The van der Waals surface area contributed by atoms with Gasteiger partial charge in [-0.25, -0.2) is 8.42 Å². The standard InChI is InChI=1S/C12H11F3N2O2S2.BrH/c13-12(14,15)7-3-1-2-4-8(7)17-9-5-21(18,19)6-10(9)20-11(17)16;/h1-4,9-10,16H,5-6H2;1H. The first-order chi connectivity index (χ1) is 9.69. The van der Waals surface area contributed by atoms with Crippen LogP contribution in [-0.2, 0) is 16.0 Å². The molecule has 1 N–H and O–H groups in total. The number of hydrogen-bond acceptors (Lipinski definition) is 4. The van der Waals surface area contributed by atoms with Crippen LogP contribution in [0.4, 0.5) is 18.9 Å². The fourth-order valence-electron chi connectivity index (χ4n) is 2.71. The minimum absolute atomic E-state index is 0. The third-order valence-corrected chi connectivity index (χ3v) is 6.69. The highest BCUT2D eigenvalue weighted by atomic mass is 79.9. The van der Waals surface area contributed by atoms with E-state index in [-0.39, 0.29) is 44.6 Å². The summed E-state index contributed by atoms with van der Waals surface area (Å²) >= 11 is 1.02. The first-order valence-electron chi connectivity index (χ1n) is 6.10. The van der Waals surface area contributed by atoms with Crippen molar-refractivity contribution in [3.63, 3.8) is 0 Å². The molecular formula is C12H12BrF3N2O2S2. The van der Waals surface area contributed by atoms with Crippen molar-refractivity contribution in [1.29, 1.82) is 5.41 Å². The zero-order valence-corrected chi connectivity index (χ0v) is 14.3. The first-order valence-corrected chi connectivity index (χ1v) is 8.80. The quantitative estimate of drug-likeness (QED) is 0.764. The molecule has 22 heavy (non-hydrogen) atoms. The number of anilines is 1. The van der Waals surface area contributed by atoms with E-state index in [4.69, 9.17) is 5.41 Å². The van der Waals surface area contributed by atoms with E-state index in [0.717, 1.165) is 17.8 Å². The van der Waals surface area contributed by atoms with Crippen LogP contribution in [0.15, 0.2) is 24.3 Å². The molecule has 2 unspecified atom stereocenters. The summed E-state index contributed by atoms with van der Waals surface area (Å²) in [4.78, 5) is 1.21. The molecule has 0 spiro atoms. The minimum Gasteiger partial charge on any atom is -0.316 e. The Morgan fingerprint density at radius 3 is 2.50 bits per heavy atom. The first kappa shape index (κ1) is 17.6. The third kappa shape index (κ3) is 3.00. The summed E-state index contributed by atoms with van der Waals surface area (Å²) in [6.45, 7) is 0. The SMILES string of the molecule is Br.N=C1SC2CS(=O)(=O)CC2N1c1ccccc1C(F)(F)F. The maximum Gasteiger partial charge on any atom is 0.418 e. The van der Waals surface area contributed by atoms with E-state index in [1.165, 1.54) is 23.1 Å². The van der Waals surface area contributed by atoms with Gasteiger partial charge in [0.1, 0.15) is 0 Å². The minimum atomic E-state index is -4.54. The largest absolute Gasteiger partial charge is 0.418 e. The highest BCUT2D eigenvalue weighted by molar-refractivity contribution is 8.93. The summed E-state index contributed by atoms with van der Waals surface area (Å²) in [6, 6.07) is 4.37. The van der Waals surface area contributed by atoms with Crippen molar-refractivity contribution < 1.29 is 21.6 Å². The van der Waals surface area contributed by atoms with Gasteiger partial charge < -0.3 is 4.90 Å². The van der Waals surface area contributed by atoms with Crippen LogP contribution in [0.3, 0.4) is 0 Å². The number of nitrogens with zero attached hydrogens (tertiary/aromatic N) is 1. The number of amidine groups is 1. The molecular weight excluding hydrogens is 405 g/mol. The number of nitrogens with one attached hydrogen (secondary N) is 1. The van der Waals surface area contributed by atoms with Crippen molar-refractivity contribution in [3.05, 3.63) is 29.8 Å². The molecule has 2 atom stereocenters. The van der Waals surface area contributed by atoms with Gasteiger partial charge in [-0.2, -0.15) is 13.2 Å². The molecule has 0 aromatic heterocycles. The molecule has 4 nitrogen and oxygen atoms in total. The predicted molar refractivity (Wildman–Crippen MR) is 85.8 cm³/mol. The van der Waals surface area contributed by atoms with Gasteiger partial charge in [0.15, 0.2) is 15.0 Å². The molecule has 0 amide bonds. The molecule has 0 radical (unpaired) electrons. The Kier molecular flexibility index (Phi) is 4.58. The maximum atomic E-state index is 13.1. The Bertz CT molecular complexity index is 709. The molecule has 0 saturated carbocycles. The Balaban J connectivity index is 0.00000176. The van der Waals surface area contributed by atoms with E-state index in [1.54, 1.807) is 0 Å². The number of thioether (sulfide) groups is 1. The van der Waals surface area contributed by atoms with Crippen molar-refractivity contribution >= 4 is 49.4 Å². The van der Waals surface area contributed by atoms with Crippen LogP contribution in [0, 0.1) is 5.41 Å². The van der Waals surface area contributed by atoms with Crippen molar-refractivity contribution in [2.75, 3.05) is 16.4 Å². The lowest BCUT2D eigenvalue weighted by atomic mass is 10.1. The van der Waals surface area contributed by atoms with E-state index in [0.29, 0.717) is 0 Å². The van der Waals surface area contributed by atoms with Gasteiger partial charge in [0.05, 0.1) is 28.8 Å². The van der Waals surface area contributed by atoms with Crippen LogP contribution in [0.1, 0.15) is 5.56 Å². The number of fused-ring (bicyclic) bond motifs is 1. The molecule has 3 rings (SSSR count). The summed E-state index contributed by atoms with van der Waals surface area (Å²) in [6.07, 6.45) is -4.54. The van der Waals surface area contributed by atoms with Gasteiger partial charge in [-0.3, -0.25) is 5.41 Å². The molecule has 122 valence electrons. The van der Waals surface area contributed by atoms with Crippen LogP contribution in [0.5, 0.6) is 0 Å². The smallest absolute Gasteiger partial charge is 0.316 e. The van der Waals surface area contributed by atoms with Gasteiger partial charge in [-0.05, 0) is 12.1 Å². The number of benzene rings is 1. The lowest BCUT2D eigenvalue weighted by Gasteiger charge is -2.26.